The summed E-state index contributed by atoms with van der Waals surface area (Å²) in [6.07, 6.45) is 12.5. The first-order chi connectivity index (χ1) is 8.71. The topological polar surface area (TPSA) is 21.6 Å². The van der Waals surface area contributed by atoms with Crippen LogP contribution in [0.5, 0.6) is 0 Å². The van der Waals surface area contributed by atoms with Gasteiger partial charge in [0.05, 0.1) is 5.71 Å². The Kier molecular flexibility index (Phi) is 10.0. The normalized spacial score (nSPS) is 12.8. The summed E-state index contributed by atoms with van der Waals surface area (Å²) in [6.45, 7) is 10.5. The molecule has 0 rings (SSSR count). The van der Waals surface area contributed by atoms with Crippen molar-refractivity contribution in [1.82, 2.24) is 0 Å². The molecule has 0 unspecified atom stereocenters. The number of hydrogen-bond acceptors (Lipinski definition) is 2. The zero-order valence-electron chi connectivity index (χ0n) is 12.3. The van der Waals surface area contributed by atoms with E-state index in [9.17, 15) is 0 Å². The summed E-state index contributed by atoms with van der Waals surface area (Å²) < 4.78 is 0. The van der Waals surface area contributed by atoms with Gasteiger partial charge >= 0.3 is 0 Å². The summed E-state index contributed by atoms with van der Waals surface area (Å²) >= 11 is 0. The third kappa shape index (κ3) is 6.43. The first kappa shape index (κ1) is 16.7. The number of rotatable bonds is 9. The number of allylic oxidation sites excluding steroid dienone is 5. The lowest BCUT2D eigenvalue weighted by atomic mass is 9.89. The van der Waals surface area contributed by atoms with E-state index >= 15 is 0 Å². The van der Waals surface area contributed by atoms with E-state index in [1.165, 1.54) is 0 Å². The molecule has 0 aliphatic carbocycles. The van der Waals surface area contributed by atoms with E-state index in [1.54, 1.807) is 7.11 Å². The van der Waals surface area contributed by atoms with E-state index in [-0.39, 0.29) is 0 Å². The third-order valence-corrected chi connectivity index (χ3v) is 2.78. The molecule has 0 saturated heterocycles. The lowest BCUT2D eigenvalue weighted by Crippen LogP contribution is -2.16. The molecule has 0 radical (unpaired) electrons. The summed E-state index contributed by atoms with van der Waals surface area (Å²) in [5, 5.41) is 4.18. The van der Waals surface area contributed by atoms with Crippen LogP contribution in [-0.4, -0.2) is 12.8 Å². The van der Waals surface area contributed by atoms with Crippen LogP contribution in [0.4, 0.5) is 0 Å². The average Bonchev–Trinajstić information content (AvgIpc) is 2.36. The van der Waals surface area contributed by atoms with E-state index in [1.807, 2.05) is 31.2 Å². The quantitative estimate of drug-likeness (QED) is 0.324. The molecule has 2 nitrogen and oxygen atoms in total. The molecule has 0 aromatic carbocycles. The standard InChI is InChI=1S/C16H27NO/c1-6-9-10-13-14(4)16(17-18-5)15(11-7-2)12-8-3/h6,9-10,13,15H,4,7-8,11-12H2,1-3,5H3/b9-6-,13-10-,17-16?. The molecule has 0 aromatic heterocycles. The zero-order chi connectivity index (χ0) is 13.8. The van der Waals surface area contributed by atoms with Crippen molar-refractivity contribution in [2.45, 2.75) is 46.5 Å². The smallest absolute Gasteiger partial charge is 0.106 e. The van der Waals surface area contributed by atoms with Gasteiger partial charge in [-0.3, -0.25) is 0 Å². The van der Waals surface area contributed by atoms with Gasteiger partial charge in [0.1, 0.15) is 7.11 Å². The highest BCUT2D eigenvalue weighted by Crippen LogP contribution is 2.20. The average molecular weight is 249 g/mol. The van der Waals surface area contributed by atoms with Gasteiger partial charge in [0.2, 0.25) is 0 Å². The Bertz CT molecular complexity index is 307. The second-order valence-electron chi connectivity index (χ2n) is 4.34. The van der Waals surface area contributed by atoms with Gasteiger partial charge in [0.25, 0.3) is 0 Å². The molecule has 0 atom stereocenters. The van der Waals surface area contributed by atoms with Crippen molar-refractivity contribution in [2.75, 3.05) is 7.11 Å². The molecule has 0 aliphatic rings. The molecule has 18 heavy (non-hydrogen) atoms. The molecule has 2 heteroatoms. The minimum Gasteiger partial charge on any atom is -0.399 e. The molecule has 0 amide bonds. The van der Waals surface area contributed by atoms with Gasteiger partial charge in [0.15, 0.2) is 0 Å². The van der Waals surface area contributed by atoms with E-state index in [0.29, 0.717) is 5.92 Å². The summed E-state index contributed by atoms with van der Waals surface area (Å²) in [4.78, 5) is 4.98. The maximum Gasteiger partial charge on any atom is 0.106 e. The highest BCUT2D eigenvalue weighted by atomic mass is 16.6. The van der Waals surface area contributed by atoms with Crippen LogP contribution in [0.25, 0.3) is 0 Å². The van der Waals surface area contributed by atoms with Gasteiger partial charge in [-0.15, -0.1) is 0 Å². The second-order valence-corrected chi connectivity index (χ2v) is 4.34. The van der Waals surface area contributed by atoms with Gasteiger partial charge in [-0.25, -0.2) is 0 Å². The van der Waals surface area contributed by atoms with Crippen molar-refractivity contribution in [3.8, 4) is 0 Å². The molecule has 0 spiro atoms. The first-order valence-electron chi connectivity index (χ1n) is 6.80. The molecule has 0 aromatic rings. The summed E-state index contributed by atoms with van der Waals surface area (Å²) in [5.74, 6) is 0.447. The minimum absolute atomic E-state index is 0.447. The molecule has 0 bridgehead atoms. The van der Waals surface area contributed by atoms with Gasteiger partial charge < -0.3 is 4.84 Å². The van der Waals surface area contributed by atoms with E-state index in [4.69, 9.17) is 4.84 Å². The Balaban J connectivity index is 4.90. The zero-order valence-corrected chi connectivity index (χ0v) is 12.3. The first-order valence-corrected chi connectivity index (χ1v) is 6.80. The van der Waals surface area contributed by atoms with Crippen LogP contribution in [0.2, 0.25) is 0 Å². The molecule has 0 fully saturated rings. The Hall–Kier alpha value is -1.31. The van der Waals surface area contributed by atoms with Crippen molar-refractivity contribution in [2.24, 2.45) is 11.1 Å². The fourth-order valence-corrected chi connectivity index (χ4v) is 1.98. The van der Waals surface area contributed by atoms with Crippen molar-refractivity contribution in [3.63, 3.8) is 0 Å². The van der Waals surface area contributed by atoms with Crippen molar-refractivity contribution >= 4 is 5.71 Å². The van der Waals surface area contributed by atoms with Gasteiger partial charge in [-0.2, -0.15) is 0 Å². The predicted octanol–water partition coefficient (Wildman–Crippen LogP) is 4.89. The second kappa shape index (κ2) is 10.8. The van der Waals surface area contributed by atoms with Gasteiger partial charge in [-0.1, -0.05) is 62.7 Å². The van der Waals surface area contributed by atoms with Crippen LogP contribution >= 0.6 is 0 Å². The molecule has 0 aliphatic heterocycles. The Morgan fingerprint density at radius 2 is 1.83 bits per heavy atom. The minimum atomic E-state index is 0.447. The van der Waals surface area contributed by atoms with Gasteiger partial charge in [-0.05, 0) is 25.3 Å². The largest absolute Gasteiger partial charge is 0.399 e. The summed E-state index contributed by atoms with van der Waals surface area (Å²) in [6, 6.07) is 0. The monoisotopic (exact) mass is 249 g/mol. The lowest BCUT2D eigenvalue weighted by molar-refractivity contribution is 0.210. The SMILES string of the molecule is C=C(/C=C\C=C/C)C(=NOC)C(CCC)CCC. The number of oxime groups is 1. The molecule has 102 valence electrons. The maximum atomic E-state index is 4.98. The molecule has 0 heterocycles. The highest BCUT2D eigenvalue weighted by molar-refractivity contribution is 6.03. The third-order valence-electron chi connectivity index (χ3n) is 2.78. The lowest BCUT2D eigenvalue weighted by Gasteiger charge is -2.17. The Labute approximate surface area is 112 Å². The van der Waals surface area contributed by atoms with Crippen LogP contribution in [0.1, 0.15) is 46.5 Å². The summed E-state index contributed by atoms with van der Waals surface area (Å²) in [7, 11) is 1.60. The molecular weight excluding hydrogens is 222 g/mol. The number of hydrogen-bond donors (Lipinski definition) is 0. The van der Waals surface area contributed by atoms with Crippen molar-refractivity contribution in [1.29, 1.82) is 0 Å². The van der Waals surface area contributed by atoms with Crippen LogP contribution < -0.4 is 0 Å². The fraction of sp³-hybridized carbons (Fsp3) is 0.562. The molecule has 0 N–H and O–H groups in total. The molecule has 0 saturated carbocycles. The fourth-order valence-electron chi connectivity index (χ4n) is 1.98. The highest BCUT2D eigenvalue weighted by Gasteiger charge is 2.16. The van der Waals surface area contributed by atoms with Crippen molar-refractivity contribution < 1.29 is 4.84 Å². The summed E-state index contributed by atoms with van der Waals surface area (Å²) in [5.41, 5.74) is 1.93. The van der Waals surface area contributed by atoms with Crippen molar-refractivity contribution in [3.05, 3.63) is 36.5 Å². The maximum absolute atomic E-state index is 4.98. The van der Waals surface area contributed by atoms with Crippen LogP contribution in [0, 0.1) is 5.92 Å². The molecular formula is C16H27NO. The number of nitrogens with zero attached hydrogens (tertiary/aromatic N) is 1. The van der Waals surface area contributed by atoms with Gasteiger partial charge in [0, 0.05) is 5.92 Å². The predicted molar refractivity (Wildman–Crippen MR) is 80.8 cm³/mol. The Morgan fingerprint density at radius 3 is 2.28 bits per heavy atom. The van der Waals surface area contributed by atoms with E-state index in [2.05, 4.69) is 25.6 Å². The van der Waals surface area contributed by atoms with Crippen LogP contribution in [-0.2, 0) is 4.84 Å². The van der Waals surface area contributed by atoms with Crippen LogP contribution in [0.15, 0.2) is 41.6 Å². The van der Waals surface area contributed by atoms with E-state index in [0.717, 1.165) is 37.0 Å². The van der Waals surface area contributed by atoms with Crippen LogP contribution in [0.3, 0.4) is 0 Å². The van der Waals surface area contributed by atoms with E-state index < -0.39 is 0 Å². The Morgan fingerprint density at radius 1 is 1.22 bits per heavy atom.